The van der Waals surface area contributed by atoms with E-state index in [1.54, 1.807) is 0 Å². The van der Waals surface area contributed by atoms with Crippen LogP contribution in [0.5, 0.6) is 0 Å². The van der Waals surface area contributed by atoms with Gasteiger partial charge in [-0.15, -0.1) is 0 Å². The molecular weight excluding hydrogens is 653 g/mol. The number of hydrogen-bond donors (Lipinski definition) is 1. The maximum absolute atomic E-state index is 10.8. The van der Waals surface area contributed by atoms with Crippen LogP contribution in [0.25, 0.3) is 0 Å². The molecule has 0 aromatic rings. The summed E-state index contributed by atoms with van der Waals surface area (Å²) in [5.74, 6) is 0. The minimum atomic E-state index is -3.08. The third kappa shape index (κ3) is 19.8. The highest BCUT2D eigenvalue weighted by atomic mass is 28.5. The summed E-state index contributed by atoms with van der Waals surface area (Å²) in [6, 6.07) is 4.05. The second-order valence-electron chi connectivity index (χ2n) is 17.1. The van der Waals surface area contributed by atoms with Crippen molar-refractivity contribution in [1.82, 2.24) is 0 Å². The highest BCUT2D eigenvalue weighted by Gasteiger charge is 2.55. The van der Waals surface area contributed by atoms with Crippen LogP contribution in [0.4, 0.5) is 0 Å². The fourth-order valence-electron chi connectivity index (χ4n) is 4.18. The van der Waals surface area contributed by atoms with Crippen LogP contribution < -0.4 is 0 Å². The van der Waals surface area contributed by atoms with Crippen molar-refractivity contribution in [3.8, 4) is 0 Å². The lowest BCUT2D eigenvalue weighted by atomic mass is 10.9. The molecule has 0 saturated carbocycles. The molecule has 1 N–H and O–H groups in total. The first kappa shape index (κ1) is 41.7. The third-order valence-electron chi connectivity index (χ3n) is 5.64. The molecule has 0 atom stereocenters. The fourth-order valence-corrected chi connectivity index (χ4v) is 39.8. The molecule has 0 heterocycles. The summed E-state index contributed by atoms with van der Waals surface area (Å²) >= 11 is 0. The zero-order valence-corrected chi connectivity index (χ0v) is 38.9. The van der Waals surface area contributed by atoms with E-state index in [2.05, 4.69) is 112 Å². The Kier molecular flexibility index (Phi) is 15.0. The molecule has 0 aliphatic heterocycles. The van der Waals surface area contributed by atoms with E-state index in [1.807, 2.05) is 13.1 Å². The standard InChI is InChI=1S/C24H68O7Si9/c1-20-37(16,17)30-40(28-34(8,9)10,29-35(11,12)13)24-22-38(18,19)31-39(26-32(2,3)4,27-33(5,6)7)23-21-36(14,15)25/h25H,20-24H2,1-19H3. The average molecular weight is 722 g/mol. The van der Waals surface area contributed by atoms with E-state index in [1.165, 1.54) is 0 Å². The normalized spacial score (nSPS) is 15.6. The molecule has 0 amide bonds. The molecular formula is C24H68O7Si9. The summed E-state index contributed by atoms with van der Waals surface area (Å²) in [7, 11) is -20.7. The molecule has 0 aliphatic rings. The highest BCUT2D eigenvalue weighted by molar-refractivity contribution is 6.93. The quantitative estimate of drug-likeness (QED) is 0.134. The van der Waals surface area contributed by atoms with E-state index >= 15 is 0 Å². The van der Waals surface area contributed by atoms with Crippen molar-refractivity contribution in [2.75, 3.05) is 0 Å². The van der Waals surface area contributed by atoms with Crippen molar-refractivity contribution >= 4 is 75.8 Å². The molecule has 0 rings (SSSR count). The van der Waals surface area contributed by atoms with Gasteiger partial charge in [0.1, 0.15) is 0 Å². The van der Waals surface area contributed by atoms with Crippen LogP contribution in [0.3, 0.4) is 0 Å². The molecule has 0 saturated heterocycles. The zero-order chi connectivity index (χ0) is 32.3. The monoisotopic (exact) mass is 720 g/mol. The Balaban J connectivity index is 6.62. The van der Waals surface area contributed by atoms with Gasteiger partial charge >= 0.3 is 17.6 Å². The molecule has 242 valence electrons. The molecule has 0 aliphatic carbocycles. The van der Waals surface area contributed by atoms with Gasteiger partial charge in [0.25, 0.3) is 0 Å². The first-order valence-electron chi connectivity index (χ1n) is 15.1. The topological polar surface area (TPSA) is 75.6 Å². The lowest BCUT2D eigenvalue weighted by Crippen LogP contribution is -2.63. The lowest BCUT2D eigenvalue weighted by Gasteiger charge is -2.46. The van der Waals surface area contributed by atoms with Crippen LogP contribution in [0.2, 0.25) is 148 Å². The lowest BCUT2D eigenvalue weighted by molar-refractivity contribution is 0.242. The molecule has 40 heavy (non-hydrogen) atoms. The molecule has 0 fully saturated rings. The Labute approximate surface area is 259 Å². The van der Waals surface area contributed by atoms with E-state index in [0.717, 1.165) is 18.1 Å². The van der Waals surface area contributed by atoms with Crippen molar-refractivity contribution < 1.29 is 29.5 Å². The Morgan fingerprint density at radius 1 is 0.375 bits per heavy atom. The minimum absolute atomic E-state index is 0.680. The molecule has 0 unspecified atom stereocenters. The van der Waals surface area contributed by atoms with Crippen molar-refractivity contribution in [2.24, 2.45) is 0 Å². The van der Waals surface area contributed by atoms with Crippen LogP contribution in [-0.2, 0) is 24.7 Å². The van der Waals surface area contributed by atoms with Gasteiger partial charge in [-0.25, -0.2) is 0 Å². The second kappa shape index (κ2) is 14.4. The SMILES string of the molecule is CC[Si](C)(C)O[Si](CC[Si](C)(C)O[Si](CC[Si](C)(C)O)(O[Si](C)(C)C)O[Si](C)(C)C)(O[Si](C)(C)C)O[Si](C)(C)C. The molecule has 0 radical (unpaired) electrons. The summed E-state index contributed by atoms with van der Waals surface area (Å²) in [6.45, 7) is 42.1. The molecule has 7 nitrogen and oxygen atoms in total. The average Bonchev–Trinajstić information content (AvgIpc) is 2.58. The van der Waals surface area contributed by atoms with Gasteiger partial charge in [0.15, 0.2) is 58.2 Å². The Morgan fingerprint density at radius 3 is 0.900 bits per heavy atom. The summed E-state index contributed by atoms with van der Waals surface area (Å²) in [5.41, 5.74) is 0. The first-order valence-corrected chi connectivity index (χ1v) is 42.0. The van der Waals surface area contributed by atoms with Gasteiger partial charge in [0.05, 0.1) is 0 Å². The Hall–Kier alpha value is 1.67. The van der Waals surface area contributed by atoms with Crippen LogP contribution >= 0.6 is 0 Å². The predicted octanol–water partition coefficient (Wildman–Crippen LogP) is 8.93. The van der Waals surface area contributed by atoms with Crippen LogP contribution in [-0.4, -0.2) is 80.6 Å². The molecule has 0 aromatic carbocycles. The van der Waals surface area contributed by atoms with Gasteiger partial charge < -0.3 is 29.5 Å². The smallest absolute Gasteiger partial charge is 0.432 e. The first-order chi connectivity index (χ1) is 17.2. The third-order valence-corrected chi connectivity index (χ3v) is 34.7. The van der Waals surface area contributed by atoms with Crippen LogP contribution in [0, 0.1) is 0 Å². The summed E-state index contributed by atoms with van der Waals surface area (Å²) in [6.07, 6.45) is 0. The maximum atomic E-state index is 10.8. The van der Waals surface area contributed by atoms with Crippen LogP contribution in [0.1, 0.15) is 6.92 Å². The van der Waals surface area contributed by atoms with E-state index in [0.29, 0.717) is 12.1 Å². The fraction of sp³-hybridized carbons (Fsp3) is 1.00. The molecule has 0 bridgehead atoms. The van der Waals surface area contributed by atoms with E-state index in [9.17, 15) is 4.80 Å². The highest BCUT2D eigenvalue weighted by Crippen LogP contribution is 2.37. The van der Waals surface area contributed by atoms with E-state index in [4.69, 9.17) is 24.7 Å². The van der Waals surface area contributed by atoms with Crippen molar-refractivity contribution in [3.05, 3.63) is 0 Å². The van der Waals surface area contributed by atoms with Crippen molar-refractivity contribution in [3.63, 3.8) is 0 Å². The Bertz CT molecular complexity index is 746. The predicted molar refractivity (Wildman–Crippen MR) is 196 cm³/mol. The van der Waals surface area contributed by atoms with E-state index in [-0.39, 0.29) is 0 Å². The van der Waals surface area contributed by atoms with Gasteiger partial charge in [0.2, 0.25) is 0 Å². The largest absolute Gasteiger partial charge is 0.469 e. The van der Waals surface area contributed by atoms with Crippen molar-refractivity contribution in [1.29, 1.82) is 0 Å². The number of rotatable bonds is 19. The summed E-state index contributed by atoms with van der Waals surface area (Å²) in [5, 5.41) is 0. The zero-order valence-electron chi connectivity index (χ0n) is 29.9. The van der Waals surface area contributed by atoms with E-state index < -0.39 is 75.8 Å². The van der Waals surface area contributed by atoms with Crippen molar-refractivity contribution in [2.45, 2.75) is 155 Å². The maximum Gasteiger partial charge on any atom is 0.469 e. The Morgan fingerprint density at radius 2 is 0.650 bits per heavy atom. The molecule has 0 spiro atoms. The van der Waals surface area contributed by atoms with Gasteiger partial charge in [-0.3, -0.25) is 0 Å². The van der Waals surface area contributed by atoms with Gasteiger partial charge in [0, 0.05) is 12.1 Å². The van der Waals surface area contributed by atoms with Gasteiger partial charge in [-0.1, -0.05) is 6.92 Å². The second-order valence-corrected chi connectivity index (χ2v) is 55.0. The van der Waals surface area contributed by atoms with Crippen LogP contribution in [0.15, 0.2) is 0 Å². The molecule has 16 heteroatoms. The van der Waals surface area contributed by atoms with Gasteiger partial charge in [-0.05, 0) is 136 Å². The molecule has 0 aromatic heterocycles. The van der Waals surface area contributed by atoms with Gasteiger partial charge in [-0.2, -0.15) is 0 Å². The summed E-state index contributed by atoms with van der Waals surface area (Å²) < 4.78 is 42.4. The minimum Gasteiger partial charge on any atom is -0.432 e. The number of hydrogen-bond acceptors (Lipinski definition) is 7. The summed E-state index contributed by atoms with van der Waals surface area (Å²) in [4.78, 5) is 10.8.